The van der Waals surface area contributed by atoms with Crippen LogP contribution < -0.4 is 0 Å². The standard InChI is InChI=1S/C15H27I/c1-2-12-3-7-14(8-4-12)15-9-5-13(11-16)6-10-15/h12-15H,2-11H2,1H3/t12-,13-,14-,15-. The fourth-order valence-corrected chi connectivity index (χ4v) is 4.76. The molecule has 2 aliphatic rings. The average molecular weight is 334 g/mol. The highest BCUT2D eigenvalue weighted by molar-refractivity contribution is 14.1. The molecule has 16 heavy (non-hydrogen) atoms. The highest BCUT2D eigenvalue weighted by Gasteiger charge is 2.29. The maximum Gasteiger partial charge on any atom is 0.00237 e. The summed E-state index contributed by atoms with van der Waals surface area (Å²) in [7, 11) is 0. The lowest BCUT2D eigenvalue weighted by Gasteiger charge is -2.37. The van der Waals surface area contributed by atoms with E-state index in [1.165, 1.54) is 36.5 Å². The predicted octanol–water partition coefficient (Wildman–Crippen LogP) is 5.44. The van der Waals surface area contributed by atoms with Crippen LogP contribution in [-0.4, -0.2) is 4.43 Å². The Kier molecular flexibility index (Phi) is 5.44. The molecule has 0 saturated heterocycles. The van der Waals surface area contributed by atoms with Crippen LogP contribution in [0.25, 0.3) is 0 Å². The first-order chi connectivity index (χ1) is 7.83. The Balaban J connectivity index is 1.73. The molecular weight excluding hydrogens is 307 g/mol. The first kappa shape index (κ1) is 13.2. The molecule has 0 aromatic heterocycles. The first-order valence-corrected chi connectivity index (χ1v) is 8.92. The fraction of sp³-hybridized carbons (Fsp3) is 1.00. The van der Waals surface area contributed by atoms with Crippen LogP contribution >= 0.6 is 22.6 Å². The van der Waals surface area contributed by atoms with Crippen molar-refractivity contribution in [2.75, 3.05) is 4.43 Å². The van der Waals surface area contributed by atoms with Gasteiger partial charge in [-0.2, -0.15) is 0 Å². The second-order valence-electron chi connectivity index (χ2n) is 6.12. The lowest BCUT2D eigenvalue weighted by molar-refractivity contribution is 0.150. The summed E-state index contributed by atoms with van der Waals surface area (Å²) in [5, 5.41) is 0. The minimum Gasteiger partial charge on any atom is -0.0861 e. The van der Waals surface area contributed by atoms with Gasteiger partial charge in [-0.15, -0.1) is 0 Å². The van der Waals surface area contributed by atoms with Gasteiger partial charge in [-0.25, -0.2) is 0 Å². The highest BCUT2D eigenvalue weighted by Crippen LogP contribution is 2.42. The summed E-state index contributed by atoms with van der Waals surface area (Å²) in [6, 6.07) is 0. The van der Waals surface area contributed by atoms with Gasteiger partial charge in [0.2, 0.25) is 0 Å². The smallest absolute Gasteiger partial charge is 0.00237 e. The van der Waals surface area contributed by atoms with Gasteiger partial charge in [0.25, 0.3) is 0 Å². The van der Waals surface area contributed by atoms with E-state index in [0.29, 0.717) is 0 Å². The second-order valence-corrected chi connectivity index (χ2v) is 7.00. The van der Waals surface area contributed by atoms with Gasteiger partial charge >= 0.3 is 0 Å². The zero-order valence-corrected chi connectivity index (χ0v) is 12.9. The minimum atomic E-state index is 1.06. The van der Waals surface area contributed by atoms with Crippen molar-refractivity contribution in [3.63, 3.8) is 0 Å². The van der Waals surface area contributed by atoms with Gasteiger partial charge in [-0.05, 0) is 62.2 Å². The lowest BCUT2D eigenvalue weighted by Crippen LogP contribution is -2.26. The van der Waals surface area contributed by atoms with Crippen LogP contribution in [0.15, 0.2) is 0 Å². The van der Waals surface area contributed by atoms with E-state index in [-0.39, 0.29) is 0 Å². The molecule has 0 nitrogen and oxygen atoms in total. The zero-order valence-electron chi connectivity index (χ0n) is 10.8. The Labute approximate surface area is 115 Å². The van der Waals surface area contributed by atoms with Gasteiger partial charge in [-0.3, -0.25) is 0 Å². The molecule has 0 unspecified atom stereocenters. The van der Waals surface area contributed by atoms with E-state index in [9.17, 15) is 0 Å². The van der Waals surface area contributed by atoms with E-state index in [2.05, 4.69) is 29.5 Å². The predicted molar refractivity (Wildman–Crippen MR) is 80.1 cm³/mol. The Morgan fingerprint density at radius 2 is 1.19 bits per heavy atom. The van der Waals surface area contributed by atoms with Crippen LogP contribution in [0, 0.1) is 23.7 Å². The van der Waals surface area contributed by atoms with E-state index < -0.39 is 0 Å². The number of hydrogen-bond donors (Lipinski definition) is 0. The molecule has 2 fully saturated rings. The molecule has 0 amide bonds. The summed E-state index contributed by atoms with van der Waals surface area (Å²) in [6.07, 6.45) is 13.8. The largest absolute Gasteiger partial charge is 0.0861 e. The molecule has 2 rings (SSSR count). The molecule has 0 aromatic rings. The second kappa shape index (κ2) is 6.61. The fourth-order valence-electron chi connectivity index (χ4n) is 3.88. The molecule has 1 heteroatoms. The molecular formula is C15H27I. The van der Waals surface area contributed by atoms with Gasteiger partial charge in [0.15, 0.2) is 0 Å². The summed E-state index contributed by atoms with van der Waals surface area (Å²) in [4.78, 5) is 0. The Hall–Kier alpha value is 0.730. The van der Waals surface area contributed by atoms with E-state index in [4.69, 9.17) is 0 Å². The van der Waals surface area contributed by atoms with Crippen molar-refractivity contribution >= 4 is 22.6 Å². The van der Waals surface area contributed by atoms with Crippen molar-refractivity contribution in [1.29, 1.82) is 0 Å². The lowest BCUT2D eigenvalue weighted by atomic mass is 9.69. The van der Waals surface area contributed by atoms with Crippen molar-refractivity contribution < 1.29 is 0 Å². The summed E-state index contributed by atoms with van der Waals surface area (Å²) < 4.78 is 1.40. The molecule has 0 aromatic carbocycles. The van der Waals surface area contributed by atoms with Crippen LogP contribution in [-0.2, 0) is 0 Å². The van der Waals surface area contributed by atoms with Crippen LogP contribution in [0.1, 0.15) is 64.7 Å². The molecule has 0 spiro atoms. The summed E-state index contributed by atoms with van der Waals surface area (Å²) in [5.74, 6) is 4.35. The molecule has 0 atom stereocenters. The SMILES string of the molecule is CC[C@H]1CC[C@H]([C@H]2CC[C@H](CI)CC2)CC1. The Morgan fingerprint density at radius 3 is 1.56 bits per heavy atom. The van der Waals surface area contributed by atoms with Gasteiger partial charge < -0.3 is 0 Å². The van der Waals surface area contributed by atoms with Crippen LogP contribution in [0.3, 0.4) is 0 Å². The minimum absolute atomic E-state index is 1.06. The zero-order chi connectivity index (χ0) is 11.4. The molecule has 0 bridgehead atoms. The number of rotatable bonds is 3. The number of halogens is 1. The van der Waals surface area contributed by atoms with Crippen LogP contribution in [0.4, 0.5) is 0 Å². The summed E-state index contributed by atoms with van der Waals surface area (Å²) >= 11 is 2.58. The summed E-state index contributed by atoms with van der Waals surface area (Å²) in [5.41, 5.74) is 0. The van der Waals surface area contributed by atoms with Crippen molar-refractivity contribution in [1.82, 2.24) is 0 Å². The Morgan fingerprint density at radius 1 is 0.750 bits per heavy atom. The van der Waals surface area contributed by atoms with Crippen LogP contribution in [0.5, 0.6) is 0 Å². The molecule has 94 valence electrons. The quantitative estimate of drug-likeness (QED) is 0.476. The third-order valence-electron chi connectivity index (χ3n) is 5.25. The molecule has 2 saturated carbocycles. The number of hydrogen-bond acceptors (Lipinski definition) is 0. The monoisotopic (exact) mass is 334 g/mol. The van der Waals surface area contributed by atoms with Crippen molar-refractivity contribution in [2.45, 2.75) is 64.7 Å². The van der Waals surface area contributed by atoms with Crippen molar-refractivity contribution in [3.05, 3.63) is 0 Å². The van der Waals surface area contributed by atoms with Crippen molar-refractivity contribution in [2.24, 2.45) is 23.7 Å². The van der Waals surface area contributed by atoms with Gasteiger partial charge in [0, 0.05) is 4.43 Å². The summed E-state index contributed by atoms with van der Waals surface area (Å²) in [6.45, 7) is 2.37. The van der Waals surface area contributed by atoms with E-state index in [1.54, 1.807) is 25.7 Å². The van der Waals surface area contributed by atoms with Crippen LogP contribution in [0.2, 0.25) is 0 Å². The third kappa shape index (κ3) is 3.36. The molecule has 0 heterocycles. The van der Waals surface area contributed by atoms with Gasteiger partial charge in [0.05, 0.1) is 0 Å². The number of alkyl halides is 1. The molecule has 0 radical (unpaired) electrons. The maximum absolute atomic E-state index is 2.58. The normalized spacial score (nSPS) is 40.9. The van der Waals surface area contributed by atoms with E-state index in [1.807, 2.05) is 0 Å². The maximum atomic E-state index is 2.58. The average Bonchev–Trinajstić information content (AvgIpc) is 2.39. The topological polar surface area (TPSA) is 0 Å². The van der Waals surface area contributed by atoms with Crippen molar-refractivity contribution in [3.8, 4) is 0 Å². The molecule has 2 aliphatic carbocycles. The van der Waals surface area contributed by atoms with E-state index in [0.717, 1.165) is 23.7 Å². The molecule has 0 N–H and O–H groups in total. The van der Waals surface area contributed by atoms with Gasteiger partial charge in [0.1, 0.15) is 0 Å². The van der Waals surface area contributed by atoms with Gasteiger partial charge in [-0.1, -0.05) is 48.8 Å². The highest BCUT2D eigenvalue weighted by atomic mass is 127. The Bertz CT molecular complexity index is 164. The third-order valence-corrected chi connectivity index (χ3v) is 6.49. The first-order valence-electron chi connectivity index (χ1n) is 7.39. The van der Waals surface area contributed by atoms with E-state index >= 15 is 0 Å². The molecule has 0 aliphatic heterocycles.